The first-order chi connectivity index (χ1) is 9.47. The lowest BCUT2D eigenvalue weighted by molar-refractivity contribution is -0.138. The average molecular weight is 305 g/mol. The minimum Gasteiger partial charge on any atom is -0.481 e. The summed E-state index contributed by atoms with van der Waals surface area (Å²) in [6, 6.07) is 1.73. The van der Waals surface area contributed by atoms with Crippen molar-refractivity contribution in [2.24, 2.45) is 0 Å². The van der Waals surface area contributed by atoms with Crippen molar-refractivity contribution in [3.8, 4) is 0 Å². The second kappa shape index (κ2) is 6.49. The summed E-state index contributed by atoms with van der Waals surface area (Å²) in [5.74, 6) is -3.33. The summed E-state index contributed by atoms with van der Waals surface area (Å²) >= 11 is 1.65. The molecule has 1 aromatic rings. The number of aliphatic carboxylic acids is 1. The Balaban J connectivity index is 2.12. The van der Waals surface area contributed by atoms with Gasteiger partial charge in [0.1, 0.15) is 0 Å². The predicted molar refractivity (Wildman–Crippen MR) is 70.1 cm³/mol. The van der Waals surface area contributed by atoms with E-state index in [9.17, 15) is 18.0 Å². The van der Waals surface area contributed by atoms with E-state index in [4.69, 9.17) is 5.11 Å². The van der Waals surface area contributed by atoms with Gasteiger partial charge in [-0.15, -0.1) is 0 Å². The summed E-state index contributed by atoms with van der Waals surface area (Å²) in [6.07, 6.45) is -0.0147. The van der Waals surface area contributed by atoms with Crippen LogP contribution in [0, 0.1) is 17.5 Å². The van der Waals surface area contributed by atoms with Crippen molar-refractivity contribution in [1.29, 1.82) is 0 Å². The van der Waals surface area contributed by atoms with Gasteiger partial charge in [-0.1, -0.05) is 0 Å². The summed E-state index contributed by atoms with van der Waals surface area (Å²) in [6.45, 7) is 0.857. The van der Waals surface area contributed by atoms with Crippen molar-refractivity contribution >= 4 is 17.7 Å². The van der Waals surface area contributed by atoms with Crippen LogP contribution >= 0.6 is 11.8 Å². The first-order valence-electron chi connectivity index (χ1n) is 6.14. The first-order valence-corrected chi connectivity index (χ1v) is 7.30. The Bertz CT molecular complexity index is 489. The second-order valence-electron chi connectivity index (χ2n) is 4.67. The second-order valence-corrected chi connectivity index (χ2v) is 5.82. The number of halogens is 3. The summed E-state index contributed by atoms with van der Waals surface area (Å²) in [5, 5.41) is 8.87. The molecule has 1 fully saturated rings. The van der Waals surface area contributed by atoms with Crippen LogP contribution in [0.15, 0.2) is 12.1 Å². The number of carboxylic acids is 1. The Morgan fingerprint density at radius 3 is 2.60 bits per heavy atom. The molecule has 1 aliphatic heterocycles. The fourth-order valence-electron chi connectivity index (χ4n) is 2.22. The van der Waals surface area contributed by atoms with Gasteiger partial charge in [0, 0.05) is 30.6 Å². The molecule has 2 rings (SSSR count). The Morgan fingerprint density at radius 1 is 1.35 bits per heavy atom. The molecule has 1 heterocycles. The van der Waals surface area contributed by atoms with Crippen molar-refractivity contribution in [2.45, 2.75) is 19.0 Å². The molecule has 1 unspecified atom stereocenters. The standard InChI is InChI=1S/C13H14F3NO2S/c14-10-3-8(4-11(15)13(10)16)6-17-1-2-20-7-9(17)5-12(18)19/h3-4,9H,1-2,5-7H2,(H,18,19). The SMILES string of the molecule is O=C(O)CC1CSCCN1Cc1cc(F)c(F)c(F)c1. The van der Waals surface area contributed by atoms with Crippen LogP contribution in [0.3, 0.4) is 0 Å². The van der Waals surface area contributed by atoms with Crippen LogP contribution in [0.1, 0.15) is 12.0 Å². The smallest absolute Gasteiger partial charge is 0.304 e. The van der Waals surface area contributed by atoms with Crippen LogP contribution in [0.25, 0.3) is 0 Å². The van der Waals surface area contributed by atoms with Crippen molar-refractivity contribution in [2.75, 3.05) is 18.1 Å². The van der Waals surface area contributed by atoms with Crippen LogP contribution in [0.2, 0.25) is 0 Å². The zero-order valence-corrected chi connectivity index (χ0v) is 11.4. The van der Waals surface area contributed by atoms with Crippen LogP contribution in [-0.2, 0) is 11.3 Å². The average Bonchev–Trinajstić information content (AvgIpc) is 2.37. The molecule has 1 N–H and O–H groups in total. The molecule has 1 aliphatic rings. The lowest BCUT2D eigenvalue weighted by atomic mass is 10.1. The zero-order chi connectivity index (χ0) is 14.7. The molecule has 0 aromatic heterocycles. The van der Waals surface area contributed by atoms with Crippen LogP contribution < -0.4 is 0 Å². The van der Waals surface area contributed by atoms with Crippen LogP contribution in [0.4, 0.5) is 13.2 Å². The van der Waals surface area contributed by atoms with Gasteiger partial charge in [0.05, 0.1) is 6.42 Å². The molecule has 1 aromatic carbocycles. The van der Waals surface area contributed by atoms with E-state index in [1.807, 2.05) is 4.90 Å². The number of carbonyl (C=O) groups is 1. The maximum atomic E-state index is 13.2. The normalized spacial score (nSPS) is 20.1. The molecule has 0 bridgehead atoms. The summed E-state index contributed by atoms with van der Waals surface area (Å²) < 4.78 is 39.2. The molecule has 1 saturated heterocycles. The molecule has 110 valence electrons. The highest BCUT2D eigenvalue weighted by atomic mass is 32.2. The van der Waals surface area contributed by atoms with E-state index in [-0.39, 0.29) is 19.0 Å². The van der Waals surface area contributed by atoms with E-state index in [2.05, 4.69) is 0 Å². The minimum absolute atomic E-state index is 0.0147. The highest BCUT2D eigenvalue weighted by Crippen LogP contribution is 2.22. The Labute approximate surface area is 118 Å². The maximum absolute atomic E-state index is 13.2. The fraction of sp³-hybridized carbons (Fsp3) is 0.462. The zero-order valence-electron chi connectivity index (χ0n) is 10.6. The first kappa shape index (κ1) is 15.2. The molecular formula is C13H14F3NO2S. The number of thioether (sulfide) groups is 1. The van der Waals surface area contributed by atoms with Gasteiger partial charge >= 0.3 is 5.97 Å². The molecule has 0 radical (unpaired) electrons. The molecule has 0 saturated carbocycles. The van der Waals surface area contributed by atoms with Crippen molar-refractivity contribution < 1.29 is 23.1 Å². The Kier molecular flexibility index (Phi) is 4.93. The Hall–Kier alpha value is -1.21. The van der Waals surface area contributed by atoms with Gasteiger partial charge in [0.25, 0.3) is 0 Å². The number of hydrogen-bond acceptors (Lipinski definition) is 3. The van der Waals surface area contributed by atoms with E-state index in [0.29, 0.717) is 17.9 Å². The monoisotopic (exact) mass is 305 g/mol. The largest absolute Gasteiger partial charge is 0.481 e. The van der Waals surface area contributed by atoms with Gasteiger partial charge in [0.15, 0.2) is 17.5 Å². The molecule has 1 atom stereocenters. The number of benzene rings is 1. The molecule has 7 heteroatoms. The van der Waals surface area contributed by atoms with Crippen LogP contribution in [-0.4, -0.2) is 40.1 Å². The quantitative estimate of drug-likeness (QED) is 0.868. The van der Waals surface area contributed by atoms with Crippen molar-refractivity contribution in [3.05, 3.63) is 35.1 Å². The third-order valence-corrected chi connectivity index (χ3v) is 4.28. The highest BCUT2D eigenvalue weighted by Gasteiger charge is 2.25. The molecule has 0 aliphatic carbocycles. The molecule has 20 heavy (non-hydrogen) atoms. The summed E-state index contributed by atoms with van der Waals surface area (Å²) in [4.78, 5) is 12.7. The van der Waals surface area contributed by atoms with E-state index in [1.165, 1.54) is 0 Å². The van der Waals surface area contributed by atoms with Crippen molar-refractivity contribution in [3.63, 3.8) is 0 Å². The molecular weight excluding hydrogens is 291 g/mol. The van der Waals surface area contributed by atoms with E-state index in [0.717, 1.165) is 17.9 Å². The van der Waals surface area contributed by atoms with Gasteiger partial charge in [-0.05, 0) is 17.7 Å². The minimum atomic E-state index is -1.48. The number of carboxylic acid groups (broad SMARTS) is 1. The maximum Gasteiger partial charge on any atom is 0.304 e. The molecule has 0 spiro atoms. The third-order valence-electron chi connectivity index (χ3n) is 3.19. The number of nitrogens with zero attached hydrogens (tertiary/aromatic N) is 1. The van der Waals surface area contributed by atoms with Gasteiger partial charge in [-0.25, -0.2) is 13.2 Å². The number of rotatable bonds is 4. The van der Waals surface area contributed by atoms with Gasteiger partial charge in [0.2, 0.25) is 0 Å². The van der Waals surface area contributed by atoms with Gasteiger partial charge < -0.3 is 5.11 Å². The summed E-state index contributed by atoms with van der Waals surface area (Å²) in [5.41, 5.74) is 0.309. The van der Waals surface area contributed by atoms with Crippen molar-refractivity contribution in [1.82, 2.24) is 4.90 Å². The topological polar surface area (TPSA) is 40.5 Å². The molecule has 3 nitrogen and oxygen atoms in total. The van der Waals surface area contributed by atoms with E-state index < -0.39 is 23.4 Å². The van der Waals surface area contributed by atoms with E-state index >= 15 is 0 Å². The third kappa shape index (κ3) is 3.67. The Morgan fingerprint density at radius 2 is 2.00 bits per heavy atom. The lowest BCUT2D eigenvalue weighted by Gasteiger charge is -2.34. The fourth-order valence-corrected chi connectivity index (χ4v) is 3.35. The van der Waals surface area contributed by atoms with Crippen LogP contribution in [0.5, 0.6) is 0 Å². The highest BCUT2D eigenvalue weighted by molar-refractivity contribution is 7.99. The molecule has 0 amide bonds. The number of hydrogen-bond donors (Lipinski definition) is 1. The van der Waals surface area contributed by atoms with Gasteiger partial charge in [-0.2, -0.15) is 11.8 Å². The van der Waals surface area contributed by atoms with Gasteiger partial charge in [-0.3, -0.25) is 9.69 Å². The van der Waals surface area contributed by atoms with E-state index in [1.54, 1.807) is 11.8 Å². The summed E-state index contributed by atoms with van der Waals surface area (Å²) in [7, 11) is 0. The lowest BCUT2D eigenvalue weighted by Crippen LogP contribution is -2.43. The predicted octanol–water partition coefficient (Wildman–Crippen LogP) is 2.50.